The van der Waals surface area contributed by atoms with E-state index in [1.165, 1.54) is 12.1 Å². The number of halogens is 2. The van der Waals surface area contributed by atoms with Gasteiger partial charge in [-0.25, -0.2) is 8.78 Å². The van der Waals surface area contributed by atoms with Crippen LogP contribution in [0.5, 0.6) is 5.75 Å². The van der Waals surface area contributed by atoms with Gasteiger partial charge in [-0.05, 0) is 38.1 Å². The summed E-state index contributed by atoms with van der Waals surface area (Å²) < 4.78 is 32.3. The molecule has 4 heteroatoms. The summed E-state index contributed by atoms with van der Waals surface area (Å²) in [6, 6.07) is 2.58. The van der Waals surface area contributed by atoms with Crippen LogP contribution in [0.4, 0.5) is 8.78 Å². The topological polar surface area (TPSA) is 21.3 Å². The summed E-state index contributed by atoms with van der Waals surface area (Å²) in [5.41, 5.74) is 0.564. The van der Waals surface area contributed by atoms with Crippen LogP contribution in [0.2, 0.25) is 0 Å². The SMILES string of the molecule is CCC(C)Oc1c(F)cc(CNC)cc1F. The zero-order valence-electron chi connectivity index (χ0n) is 9.81. The summed E-state index contributed by atoms with van der Waals surface area (Å²) in [4.78, 5) is 0. The Bertz CT molecular complexity index is 332. The molecule has 0 saturated heterocycles. The summed E-state index contributed by atoms with van der Waals surface area (Å²) in [6.07, 6.45) is 0.510. The number of hydrogen-bond donors (Lipinski definition) is 1. The van der Waals surface area contributed by atoms with E-state index in [9.17, 15) is 8.78 Å². The van der Waals surface area contributed by atoms with E-state index in [0.717, 1.165) is 0 Å². The molecule has 0 heterocycles. The van der Waals surface area contributed by atoms with Crippen molar-refractivity contribution in [2.24, 2.45) is 0 Å². The van der Waals surface area contributed by atoms with Gasteiger partial charge in [0.1, 0.15) is 0 Å². The van der Waals surface area contributed by atoms with Gasteiger partial charge in [-0.3, -0.25) is 0 Å². The minimum Gasteiger partial charge on any atom is -0.485 e. The second-order valence-corrected chi connectivity index (χ2v) is 3.76. The molecule has 0 aromatic heterocycles. The monoisotopic (exact) mass is 229 g/mol. The van der Waals surface area contributed by atoms with Crippen LogP contribution in [0, 0.1) is 11.6 Å². The first-order chi connectivity index (χ1) is 7.58. The van der Waals surface area contributed by atoms with E-state index in [4.69, 9.17) is 4.74 Å². The van der Waals surface area contributed by atoms with E-state index < -0.39 is 11.6 Å². The first kappa shape index (κ1) is 12.9. The van der Waals surface area contributed by atoms with Crippen molar-refractivity contribution >= 4 is 0 Å². The van der Waals surface area contributed by atoms with Gasteiger partial charge >= 0.3 is 0 Å². The van der Waals surface area contributed by atoms with Crippen LogP contribution in [0.3, 0.4) is 0 Å². The lowest BCUT2D eigenvalue weighted by Gasteiger charge is -2.14. The Morgan fingerprint density at radius 2 is 1.88 bits per heavy atom. The molecule has 0 aliphatic carbocycles. The molecule has 2 nitrogen and oxygen atoms in total. The summed E-state index contributed by atoms with van der Waals surface area (Å²) in [5.74, 6) is -1.58. The summed E-state index contributed by atoms with van der Waals surface area (Å²) in [6.45, 7) is 4.10. The molecule has 1 aromatic carbocycles. The molecule has 0 bridgehead atoms. The summed E-state index contributed by atoms with van der Waals surface area (Å²) >= 11 is 0. The standard InChI is InChI=1S/C12H17F2NO/c1-4-8(2)16-12-10(13)5-9(7-15-3)6-11(12)14/h5-6,8,15H,4,7H2,1-3H3. The van der Waals surface area contributed by atoms with Gasteiger partial charge in [-0.1, -0.05) is 6.92 Å². The molecule has 0 radical (unpaired) electrons. The molecule has 0 spiro atoms. The van der Waals surface area contributed by atoms with Crippen molar-refractivity contribution in [3.05, 3.63) is 29.3 Å². The van der Waals surface area contributed by atoms with Gasteiger partial charge in [0.05, 0.1) is 6.10 Å². The Kier molecular flexibility index (Phi) is 4.68. The van der Waals surface area contributed by atoms with Gasteiger partial charge < -0.3 is 10.1 Å². The van der Waals surface area contributed by atoms with Crippen LogP contribution in [0.1, 0.15) is 25.8 Å². The van der Waals surface area contributed by atoms with Crippen molar-refractivity contribution in [1.82, 2.24) is 5.32 Å². The highest BCUT2D eigenvalue weighted by atomic mass is 19.1. The van der Waals surface area contributed by atoms with Crippen molar-refractivity contribution in [2.75, 3.05) is 7.05 Å². The van der Waals surface area contributed by atoms with Crippen LogP contribution in [0.15, 0.2) is 12.1 Å². The third kappa shape index (κ3) is 3.17. The van der Waals surface area contributed by atoms with E-state index >= 15 is 0 Å². The zero-order valence-corrected chi connectivity index (χ0v) is 9.81. The Labute approximate surface area is 94.6 Å². The first-order valence-corrected chi connectivity index (χ1v) is 5.37. The van der Waals surface area contributed by atoms with Gasteiger partial charge in [0.2, 0.25) is 0 Å². The fourth-order valence-corrected chi connectivity index (χ4v) is 1.32. The van der Waals surface area contributed by atoms with Crippen molar-refractivity contribution in [1.29, 1.82) is 0 Å². The van der Waals surface area contributed by atoms with E-state index in [0.29, 0.717) is 18.5 Å². The molecule has 1 unspecified atom stereocenters. The molecule has 0 saturated carbocycles. The quantitative estimate of drug-likeness (QED) is 0.838. The predicted octanol–water partition coefficient (Wildman–Crippen LogP) is 2.86. The number of rotatable bonds is 5. The molecule has 1 N–H and O–H groups in total. The number of hydrogen-bond acceptors (Lipinski definition) is 2. The zero-order chi connectivity index (χ0) is 12.1. The van der Waals surface area contributed by atoms with Crippen LogP contribution in [-0.2, 0) is 6.54 Å². The van der Waals surface area contributed by atoms with Crippen molar-refractivity contribution in [3.63, 3.8) is 0 Å². The Hall–Kier alpha value is -1.16. The molecule has 0 aliphatic heterocycles. The largest absolute Gasteiger partial charge is 0.485 e. The molecule has 1 atom stereocenters. The lowest BCUT2D eigenvalue weighted by atomic mass is 10.2. The Morgan fingerprint density at radius 1 is 1.31 bits per heavy atom. The average Bonchev–Trinajstić information content (AvgIpc) is 2.23. The highest BCUT2D eigenvalue weighted by Gasteiger charge is 2.14. The van der Waals surface area contributed by atoms with Crippen LogP contribution in [0.25, 0.3) is 0 Å². The predicted molar refractivity (Wildman–Crippen MR) is 59.5 cm³/mol. The average molecular weight is 229 g/mol. The highest BCUT2D eigenvalue weighted by Crippen LogP contribution is 2.24. The van der Waals surface area contributed by atoms with Crippen molar-refractivity contribution in [2.45, 2.75) is 32.9 Å². The number of nitrogens with one attached hydrogen (secondary N) is 1. The van der Waals surface area contributed by atoms with Gasteiger partial charge in [0.25, 0.3) is 0 Å². The molecule has 0 fully saturated rings. The molecule has 1 aromatic rings. The van der Waals surface area contributed by atoms with E-state index in [1.54, 1.807) is 14.0 Å². The maximum atomic E-state index is 13.5. The van der Waals surface area contributed by atoms with Gasteiger partial charge in [0.15, 0.2) is 17.4 Å². The van der Waals surface area contributed by atoms with E-state index in [-0.39, 0.29) is 11.9 Å². The summed E-state index contributed by atoms with van der Waals surface area (Å²) in [5, 5.41) is 2.84. The van der Waals surface area contributed by atoms with E-state index in [2.05, 4.69) is 5.32 Å². The molecular formula is C12H17F2NO. The molecule has 0 amide bonds. The lowest BCUT2D eigenvalue weighted by Crippen LogP contribution is -2.13. The molecule has 0 aliphatic rings. The third-order valence-electron chi connectivity index (χ3n) is 2.33. The molecule has 90 valence electrons. The third-order valence-corrected chi connectivity index (χ3v) is 2.33. The van der Waals surface area contributed by atoms with Crippen LogP contribution < -0.4 is 10.1 Å². The molecule has 16 heavy (non-hydrogen) atoms. The van der Waals surface area contributed by atoms with Crippen molar-refractivity contribution in [3.8, 4) is 5.75 Å². The van der Waals surface area contributed by atoms with Crippen molar-refractivity contribution < 1.29 is 13.5 Å². The first-order valence-electron chi connectivity index (χ1n) is 5.37. The van der Waals surface area contributed by atoms with Gasteiger partial charge in [-0.2, -0.15) is 0 Å². The summed E-state index contributed by atoms with van der Waals surface area (Å²) in [7, 11) is 1.72. The Balaban J connectivity index is 2.93. The normalized spacial score (nSPS) is 12.6. The van der Waals surface area contributed by atoms with Gasteiger partial charge in [0, 0.05) is 6.54 Å². The fraction of sp³-hybridized carbons (Fsp3) is 0.500. The van der Waals surface area contributed by atoms with Crippen LogP contribution in [-0.4, -0.2) is 13.2 Å². The second-order valence-electron chi connectivity index (χ2n) is 3.76. The number of ether oxygens (including phenoxy) is 1. The molecular weight excluding hydrogens is 212 g/mol. The van der Waals surface area contributed by atoms with Crippen LogP contribution >= 0.6 is 0 Å². The van der Waals surface area contributed by atoms with Gasteiger partial charge in [-0.15, -0.1) is 0 Å². The molecule has 1 rings (SSSR count). The maximum Gasteiger partial charge on any atom is 0.191 e. The second kappa shape index (κ2) is 5.80. The Morgan fingerprint density at radius 3 is 2.31 bits per heavy atom. The lowest BCUT2D eigenvalue weighted by molar-refractivity contribution is 0.197. The fourth-order valence-electron chi connectivity index (χ4n) is 1.32. The highest BCUT2D eigenvalue weighted by molar-refractivity contribution is 5.31. The maximum absolute atomic E-state index is 13.5. The smallest absolute Gasteiger partial charge is 0.191 e. The minimum absolute atomic E-state index is 0.195. The minimum atomic E-state index is -0.648. The van der Waals surface area contributed by atoms with E-state index in [1.807, 2.05) is 6.92 Å². The number of benzene rings is 1.